The Morgan fingerprint density at radius 2 is 1.67 bits per heavy atom. The van der Waals surface area contributed by atoms with Crippen LogP contribution in [0.25, 0.3) is 0 Å². The monoisotopic (exact) mass is 307 g/mol. The first-order valence-electron chi connectivity index (χ1n) is 7.78. The van der Waals surface area contributed by atoms with Crippen LogP contribution >= 0.6 is 11.6 Å². The van der Waals surface area contributed by atoms with Crippen molar-refractivity contribution in [3.63, 3.8) is 0 Å². The molecule has 0 unspecified atom stereocenters. The Morgan fingerprint density at radius 3 is 2.29 bits per heavy atom. The van der Waals surface area contributed by atoms with Crippen LogP contribution in [0.2, 0.25) is 5.02 Å². The van der Waals surface area contributed by atoms with Crippen LogP contribution in [0, 0.1) is 0 Å². The molecule has 1 saturated heterocycles. The standard InChI is InChI=1S/C16H22ClN3O/c17-13-5-7-15(8-6-13)19-9-11-20(12-10-19)16(21)18-14-3-1-2-4-14/h5-8,14H,1-4,9-12H2,(H,18,21). The van der Waals surface area contributed by atoms with E-state index < -0.39 is 0 Å². The number of piperazine rings is 1. The second-order valence-electron chi connectivity index (χ2n) is 5.88. The molecule has 3 rings (SSSR count). The van der Waals surface area contributed by atoms with Crippen molar-refractivity contribution in [3.8, 4) is 0 Å². The molecule has 1 aliphatic heterocycles. The van der Waals surface area contributed by atoms with E-state index in [9.17, 15) is 4.79 Å². The lowest BCUT2D eigenvalue weighted by Gasteiger charge is -2.36. The molecule has 1 N–H and O–H groups in total. The van der Waals surface area contributed by atoms with Gasteiger partial charge < -0.3 is 15.1 Å². The van der Waals surface area contributed by atoms with Gasteiger partial charge in [0.1, 0.15) is 0 Å². The van der Waals surface area contributed by atoms with Crippen LogP contribution in [-0.2, 0) is 0 Å². The summed E-state index contributed by atoms with van der Waals surface area (Å²) in [5, 5.41) is 3.92. The van der Waals surface area contributed by atoms with Crippen LogP contribution in [0.1, 0.15) is 25.7 Å². The molecule has 0 atom stereocenters. The van der Waals surface area contributed by atoms with E-state index in [1.807, 2.05) is 29.2 Å². The van der Waals surface area contributed by atoms with E-state index in [0.717, 1.165) is 44.0 Å². The Morgan fingerprint density at radius 1 is 1.05 bits per heavy atom. The van der Waals surface area contributed by atoms with Gasteiger partial charge in [0, 0.05) is 42.9 Å². The van der Waals surface area contributed by atoms with Gasteiger partial charge in [-0.1, -0.05) is 24.4 Å². The van der Waals surface area contributed by atoms with E-state index in [4.69, 9.17) is 11.6 Å². The van der Waals surface area contributed by atoms with Crippen LogP contribution in [0.4, 0.5) is 10.5 Å². The topological polar surface area (TPSA) is 35.6 Å². The minimum Gasteiger partial charge on any atom is -0.368 e. The first-order chi connectivity index (χ1) is 10.2. The Bertz CT molecular complexity index is 477. The van der Waals surface area contributed by atoms with E-state index in [0.29, 0.717) is 6.04 Å². The van der Waals surface area contributed by atoms with Crippen molar-refractivity contribution in [2.45, 2.75) is 31.7 Å². The zero-order valence-electron chi connectivity index (χ0n) is 12.2. The highest BCUT2D eigenvalue weighted by Crippen LogP contribution is 2.20. The number of nitrogens with zero attached hydrogens (tertiary/aromatic N) is 2. The summed E-state index contributed by atoms with van der Waals surface area (Å²) in [6.45, 7) is 3.31. The van der Waals surface area contributed by atoms with Crippen molar-refractivity contribution in [1.29, 1.82) is 0 Å². The summed E-state index contributed by atoms with van der Waals surface area (Å²) in [5.74, 6) is 0. The molecule has 1 saturated carbocycles. The quantitative estimate of drug-likeness (QED) is 0.911. The summed E-state index contributed by atoms with van der Waals surface area (Å²) in [6, 6.07) is 8.41. The summed E-state index contributed by atoms with van der Waals surface area (Å²) in [7, 11) is 0. The number of halogens is 1. The van der Waals surface area contributed by atoms with Crippen molar-refractivity contribution < 1.29 is 4.79 Å². The molecule has 21 heavy (non-hydrogen) atoms. The fourth-order valence-electron chi connectivity index (χ4n) is 3.16. The fraction of sp³-hybridized carbons (Fsp3) is 0.562. The second kappa shape index (κ2) is 6.56. The van der Waals surface area contributed by atoms with Crippen molar-refractivity contribution in [1.82, 2.24) is 10.2 Å². The van der Waals surface area contributed by atoms with Crippen LogP contribution in [0.3, 0.4) is 0 Å². The van der Waals surface area contributed by atoms with Gasteiger partial charge in [0.2, 0.25) is 0 Å². The number of hydrogen-bond acceptors (Lipinski definition) is 2. The molecule has 5 heteroatoms. The highest BCUT2D eigenvalue weighted by Gasteiger charge is 2.24. The van der Waals surface area contributed by atoms with E-state index in [1.54, 1.807) is 0 Å². The third-order valence-corrected chi connectivity index (χ3v) is 4.69. The summed E-state index contributed by atoms with van der Waals surface area (Å²) >= 11 is 5.92. The molecule has 2 amide bonds. The maximum absolute atomic E-state index is 12.2. The van der Waals surface area contributed by atoms with Gasteiger partial charge in [-0.25, -0.2) is 4.79 Å². The second-order valence-corrected chi connectivity index (χ2v) is 6.32. The number of anilines is 1. The largest absolute Gasteiger partial charge is 0.368 e. The van der Waals surface area contributed by atoms with Gasteiger partial charge >= 0.3 is 6.03 Å². The van der Waals surface area contributed by atoms with Crippen LogP contribution in [0.15, 0.2) is 24.3 Å². The van der Waals surface area contributed by atoms with Gasteiger partial charge in [-0.2, -0.15) is 0 Å². The lowest BCUT2D eigenvalue weighted by Crippen LogP contribution is -2.53. The third kappa shape index (κ3) is 3.62. The van der Waals surface area contributed by atoms with Gasteiger partial charge in [0.15, 0.2) is 0 Å². The summed E-state index contributed by atoms with van der Waals surface area (Å²) in [5.41, 5.74) is 1.18. The van der Waals surface area contributed by atoms with Gasteiger partial charge in [-0.3, -0.25) is 0 Å². The first kappa shape index (κ1) is 14.5. The lowest BCUT2D eigenvalue weighted by molar-refractivity contribution is 0.190. The number of carbonyl (C=O) groups is 1. The summed E-state index contributed by atoms with van der Waals surface area (Å²) in [4.78, 5) is 16.5. The van der Waals surface area contributed by atoms with Crippen molar-refractivity contribution >= 4 is 23.3 Å². The molecule has 4 nitrogen and oxygen atoms in total. The zero-order valence-corrected chi connectivity index (χ0v) is 13.0. The summed E-state index contributed by atoms with van der Waals surface area (Å²) < 4.78 is 0. The first-order valence-corrected chi connectivity index (χ1v) is 8.16. The molecular formula is C16H22ClN3O. The number of hydrogen-bond donors (Lipinski definition) is 1. The predicted molar refractivity (Wildman–Crippen MR) is 86.0 cm³/mol. The Hall–Kier alpha value is -1.42. The Labute approximate surface area is 131 Å². The molecule has 1 aromatic carbocycles. The highest BCUT2D eigenvalue weighted by atomic mass is 35.5. The van der Waals surface area contributed by atoms with Gasteiger partial charge in [0.05, 0.1) is 0 Å². The van der Waals surface area contributed by atoms with Gasteiger partial charge in [-0.05, 0) is 37.1 Å². The maximum atomic E-state index is 12.2. The van der Waals surface area contributed by atoms with Gasteiger partial charge in [0.25, 0.3) is 0 Å². The van der Waals surface area contributed by atoms with E-state index in [1.165, 1.54) is 18.5 Å². The van der Waals surface area contributed by atoms with Gasteiger partial charge in [-0.15, -0.1) is 0 Å². The van der Waals surface area contributed by atoms with E-state index >= 15 is 0 Å². The third-order valence-electron chi connectivity index (χ3n) is 4.44. The molecule has 1 heterocycles. The Balaban J connectivity index is 1.50. The highest BCUT2D eigenvalue weighted by molar-refractivity contribution is 6.30. The smallest absolute Gasteiger partial charge is 0.317 e. The molecule has 0 bridgehead atoms. The normalized spacial score (nSPS) is 19.9. The van der Waals surface area contributed by atoms with Crippen molar-refractivity contribution in [2.24, 2.45) is 0 Å². The molecule has 1 aromatic rings. The van der Waals surface area contributed by atoms with Crippen LogP contribution < -0.4 is 10.2 Å². The van der Waals surface area contributed by atoms with Crippen LogP contribution in [0.5, 0.6) is 0 Å². The maximum Gasteiger partial charge on any atom is 0.317 e. The average Bonchev–Trinajstić information content (AvgIpc) is 3.01. The molecule has 0 spiro atoms. The average molecular weight is 308 g/mol. The van der Waals surface area contributed by atoms with Crippen molar-refractivity contribution in [2.75, 3.05) is 31.1 Å². The number of nitrogens with one attached hydrogen (secondary N) is 1. The minimum atomic E-state index is 0.109. The molecule has 0 radical (unpaired) electrons. The molecule has 2 aliphatic rings. The predicted octanol–water partition coefficient (Wildman–Crippen LogP) is 3.11. The lowest BCUT2D eigenvalue weighted by atomic mass is 10.2. The number of amides is 2. The number of carbonyl (C=O) groups excluding carboxylic acids is 1. The summed E-state index contributed by atoms with van der Waals surface area (Å²) in [6.07, 6.45) is 4.76. The van der Waals surface area contributed by atoms with E-state index in [-0.39, 0.29) is 6.03 Å². The molecule has 1 aliphatic carbocycles. The molecule has 114 valence electrons. The van der Waals surface area contributed by atoms with Crippen LogP contribution in [-0.4, -0.2) is 43.2 Å². The molecule has 0 aromatic heterocycles. The minimum absolute atomic E-state index is 0.109. The zero-order chi connectivity index (χ0) is 14.7. The number of benzene rings is 1. The molecular weight excluding hydrogens is 286 g/mol. The fourth-order valence-corrected chi connectivity index (χ4v) is 3.28. The van der Waals surface area contributed by atoms with E-state index in [2.05, 4.69) is 10.2 Å². The number of rotatable bonds is 2. The number of urea groups is 1. The molecule has 2 fully saturated rings. The Kier molecular flexibility index (Phi) is 4.54. The van der Waals surface area contributed by atoms with Crippen molar-refractivity contribution in [3.05, 3.63) is 29.3 Å². The SMILES string of the molecule is O=C(NC1CCCC1)N1CCN(c2ccc(Cl)cc2)CC1.